The molecule has 0 radical (unpaired) electrons. The second kappa shape index (κ2) is 5.88. The van der Waals surface area contributed by atoms with Crippen LogP contribution in [-0.4, -0.2) is 32.2 Å². The first kappa shape index (κ1) is 17.2. The Morgan fingerprint density at radius 2 is 2.00 bits per heavy atom. The number of carbonyl (C=O) groups excluding carboxylic acids is 1. The van der Waals surface area contributed by atoms with Crippen molar-refractivity contribution in [3.05, 3.63) is 46.2 Å². The fourth-order valence-corrected chi connectivity index (χ4v) is 3.82. The maximum absolute atomic E-state index is 12.2. The van der Waals surface area contributed by atoms with Gasteiger partial charge in [0.05, 0.1) is 18.4 Å². The van der Waals surface area contributed by atoms with Gasteiger partial charge in [0.2, 0.25) is 0 Å². The van der Waals surface area contributed by atoms with Crippen LogP contribution in [0, 0.1) is 13.8 Å². The molecule has 3 heterocycles. The SMILES string of the molecule is COc1ccc(C)c(-n2c(N)c(C(N)=O)c3cc(C)c4ncnn4c32)c1Cl. The zero-order valence-corrected chi connectivity index (χ0v) is 15.7. The number of hydrogen-bond donors (Lipinski definition) is 2. The van der Waals surface area contributed by atoms with Crippen molar-refractivity contribution in [1.29, 1.82) is 0 Å². The largest absolute Gasteiger partial charge is 0.495 e. The summed E-state index contributed by atoms with van der Waals surface area (Å²) in [5, 5.41) is 5.26. The van der Waals surface area contributed by atoms with Crippen molar-refractivity contribution in [2.45, 2.75) is 13.8 Å². The highest BCUT2D eigenvalue weighted by molar-refractivity contribution is 6.34. The number of nitrogens with zero attached hydrogens (tertiary/aromatic N) is 4. The van der Waals surface area contributed by atoms with E-state index in [-0.39, 0.29) is 11.4 Å². The molecule has 27 heavy (non-hydrogen) atoms. The van der Waals surface area contributed by atoms with Gasteiger partial charge in [-0.3, -0.25) is 9.36 Å². The van der Waals surface area contributed by atoms with Crippen LogP contribution in [0.2, 0.25) is 5.02 Å². The predicted octanol–water partition coefficient (Wildman–Crippen LogP) is 2.63. The van der Waals surface area contributed by atoms with Gasteiger partial charge in [-0.1, -0.05) is 17.7 Å². The number of aryl methyl sites for hydroxylation is 2. The summed E-state index contributed by atoms with van der Waals surface area (Å²) in [6.45, 7) is 3.77. The minimum atomic E-state index is -0.633. The van der Waals surface area contributed by atoms with Gasteiger partial charge < -0.3 is 16.2 Å². The molecule has 0 aliphatic rings. The third-order valence-electron chi connectivity index (χ3n) is 4.65. The topological polar surface area (TPSA) is 113 Å². The van der Waals surface area contributed by atoms with Gasteiger partial charge in [0, 0.05) is 5.39 Å². The minimum Gasteiger partial charge on any atom is -0.495 e. The summed E-state index contributed by atoms with van der Waals surface area (Å²) in [5.74, 6) is 0.0334. The Balaban J connectivity index is 2.28. The zero-order chi connectivity index (χ0) is 19.5. The average molecular weight is 385 g/mol. The second-order valence-electron chi connectivity index (χ2n) is 6.27. The number of fused-ring (bicyclic) bond motifs is 3. The van der Waals surface area contributed by atoms with Crippen molar-refractivity contribution in [1.82, 2.24) is 19.2 Å². The summed E-state index contributed by atoms with van der Waals surface area (Å²) in [5.41, 5.74) is 15.7. The fourth-order valence-electron chi connectivity index (χ4n) is 3.45. The normalized spacial score (nSPS) is 11.4. The van der Waals surface area contributed by atoms with Gasteiger partial charge in [0.25, 0.3) is 5.91 Å². The number of rotatable bonds is 3. The smallest absolute Gasteiger partial charge is 0.253 e. The van der Waals surface area contributed by atoms with Gasteiger partial charge in [-0.15, -0.1) is 0 Å². The van der Waals surface area contributed by atoms with Gasteiger partial charge in [0.15, 0.2) is 11.3 Å². The molecule has 0 spiro atoms. The van der Waals surface area contributed by atoms with Crippen molar-refractivity contribution in [2.75, 3.05) is 12.8 Å². The zero-order valence-electron chi connectivity index (χ0n) is 14.9. The van der Waals surface area contributed by atoms with Crippen molar-refractivity contribution < 1.29 is 9.53 Å². The summed E-state index contributed by atoms with van der Waals surface area (Å²) >= 11 is 6.60. The van der Waals surface area contributed by atoms with Gasteiger partial charge in [-0.25, -0.2) is 4.98 Å². The molecule has 1 aromatic carbocycles. The summed E-state index contributed by atoms with van der Waals surface area (Å²) in [6, 6.07) is 5.46. The van der Waals surface area contributed by atoms with E-state index < -0.39 is 5.91 Å². The highest BCUT2D eigenvalue weighted by Crippen LogP contribution is 2.39. The third-order valence-corrected chi connectivity index (χ3v) is 5.02. The van der Waals surface area contributed by atoms with Crippen LogP contribution in [0.3, 0.4) is 0 Å². The Kier molecular flexibility index (Phi) is 3.74. The third kappa shape index (κ3) is 2.26. The summed E-state index contributed by atoms with van der Waals surface area (Å²) in [4.78, 5) is 16.5. The maximum atomic E-state index is 12.2. The van der Waals surface area contributed by atoms with Crippen molar-refractivity contribution in [3.63, 3.8) is 0 Å². The Morgan fingerprint density at radius 1 is 1.26 bits per heavy atom. The van der Waals surface area contributed by atoms with Crippen LogP contribution in [0.25, 0.3) is 22.4 Å². The molecule has 0 bridgehead atoms. The first-order chi connectivity index (χ1) is 12.9. The monoisotopic (exact) mass is 384 g/mol. The number of pyridine rings is 1. The average Bonchev–Trinajstić information content (AvgIpc) is 3.19. The van der Waals surface area contributed by atoms with Gasteiger partial charge in [-0.05, 0) is 37.1 Å². The Morgan fingerprint density at radius 3 is 2.67 bits per heavy atom. The van der Waals surface area contributed by atoms with Crippen molar-refractivity contribution in [3.8, 4) is 11.4 Å². The van der Waals surface area contributed by atoms with Crippen LogP contribution in [0.15, 0.2) is 24.5 Å². The standard InChI is InChI=1S/C18H17ClN6O2/c1-8-4-5-11(27-3)13(19)14(8)24-15(20)12(16(21)26)10-6-9(2)17-22-7-23-25(17)18(10)24/h4-7H,20H2,1-3H3,(H2,21,26). The molecule has 0 saturated carbocycles. The molecule has 0 aliphatic heterocycles. The van der Waals surface area contributed by atoms with Gasteiger partial charge in [0.1, 0.15) is 22.9 Å². The summed E-state index contributed by atoms with van der Waals surface area (Å²) < 4.78 is 8.65. The molecule has 1 amide bonds. The second-order valence-corrected chi connectivity index (χ2v) is 6.65. The van der Waals surface area contributed by atoms with E-state index in [0.29, 0.717) is 33.1 Å². The lowest BCUT2D eigenvalue weighted by Gasteiger charge is -2.16. The van der Waals surface area contributed by atoms with Crippen LogP contribution in [0.1, 0.15) is 21.5 Å². The molecule has 0 fully saturated rings. The molecule has 0 saturated heterocycles. The number of anilines is 1. The lowest BCUT2D eigenvalue weighted by molar-refractivity contribution is 0.100. The van der Waals surface area contributed by atoms with E-state index >= 15 is 0 Å². The Hall–Kier alpha value is -3.26. The maximum Gasteiger partial charge on any atom is 0.253 e. The van der Waals surface area contributed by atoms with Crippen LogP contribution < -0.4 is 16.2 Å². The first-order valence-electron chi connectivity index (χ1n) is 8.13. The van der Waals surface area contributed by atoms with Gasteiger partial charge in [-0.2, -0.15) is 9.61 Å². The molecule has 0 aliphatic carbocycles. The van der Waals surface area contributed by atoms with Crippen LogP contribution >= 0.6 is 11.6 Å². The molecule has 0 unspecified atom stereocenters. The molecule has 9 heteroatoms. The van der Waals surface area contributed by atoms with E-state index in [1.807, 2.05) is 26.0 Å². The molecule has 4 N–H and O–H groups in total. The molecule has 4 aromatic rings. The molecule has 0 atom stereocenters. The number of ether oxygens (including phenoxy) is 1. The number of halogens is 1. The van der Waals surface area contributed by atoms with Crippen molar-refractivity contribution in [2.24, 2.45) is 5.73 Å². The Bertz CT molecular complexity index is 1240. The van der Waals surface area contributed by atoms with Crippen LogP contribution in [-0.2, 0) is 0 Å². The molecule has 4 rings (SSSR count). The number of methoxy groups -OCH3 is 1. The molecular formula is C18H17ClN6O2. The lowest BCUT2D eigenvalue weighted by atomic mass is 10.1. The quantitative estimate of drug-likeness (QED) is 0.563. The first-order valence-corrected chi connectivity index (χ1v) is 8.51. The Labute approximate surface area is 159 Å². The summed E-state index contributed by atoms with van der Waals surface area (Å²) in [6.07, 6.45) is 1.44. The number of primary amides is 1. The van der Waals surface area contributed by atoms with Crippen LogP contribution in [0.4, 0.5) is 5.82 Å². The number of nitrogen functional groups attached to an aromatic ring is 1. The molecule has 138 valence electrons. The van der Waals surface area contributed by atoms with E-state index in [9.17, 15) is 4.79 Å². The minimum absolute atomic E-state index is 0.179. The van der Waals surface area contributed by atoms with E-state index in [0.717, 1.165) is 11.1 Å². The van der Waals surface area contributed by atoms with Gasteiger partial charge >= 0.3 is 0 Å². The molecule has 3 aromatic heterocycles. The van der Waals surface area contributed by atoms with Crippen LogP contribution in [0.5, 0.6) is 5.75 Å². The number of aromatic nitrogens is 4. The van der Waals surface area contributed by atoms with Crippen molar-refractivity contribution >= 4 is 40.0 Å². The van der Waals surface area contributed by atoms with E-state index in [1.165, 1.54) is 13.4 Å². The number of nitrogens with two attached hydrogens (primary N) is 2. The highest BCUT2D eigenvalue weighted by Gasteiger charge is 2.26. The number of hydrogen-bond acceptors (Lipinski definition) is 5. The summed E-state index contributed by atoms with van der Waals surface area (Å²) in [7, 11) is 1.53. The van der Waals surface area contributed by atoms with E-state index in [1.54, 1.807) is 15.1 Å². The lowest BCUT2D eigenvalue weighted by Crippen LogP contribution is -2.14. The number of benzene rings is 1. The number of carbonyl (C=O) groups is 1. The fraction of sp³-hybridized carbons (Fsp3) is 0.167. The van der Waals surface area contributed by atoms with E-state index in [2.05, 4.69) is 10.1 Å². The predicted molar refractivity (Wildman–Crippen MR) is 104 cm³/mol. The van der Waals surface area contributed by atoms with E-state index in [4.69, 9.17) is 27.8 Å². The molecule has 8 nitrogen and oxygen atoms in total. The highest BCUT2D eigenvalue weighted by atomic mass is 35.5. The number of amides is 1. The molecular weight excluding hydrogens is 368 g/mol.